The molecule has 3 aromatic rings. The molecule has 162 valence electrons. The molecule has 6 nitrogen and oxygen atoms in total. The molecule has 1 amide bonds. The minimum atomic E-state index is -3.58. The van der Waals surface area contributed by atoms with E-state index in [0.29, 0.717) is 23.7 Å². The number of amides is 1. The maximum atomic E-state index is 13.1. The normalized spacial score (nSPS) is 15.3. The second-order valence-corrected chi connectivity index (χ2v) is 10.6. The van der Waals surface area contributed by atoms with Crippen molar-refractivity contribution in [2.75, 3.05) is 26.2 Å². The van der Waals surface area contributed by atoms with E-state index in [9.17, 15) is 13.2 Å². The van der Waals surface area contributed by atoms with Gasteiger partial charge in [0.25, 0.3) is 5.91 Å². The maximum Gasteiger partial charge on any atom is 0.273 e. The van der Waals surface area contributed by atoms with E-state index in [0.717, 1.165) is 21.7 Å². The van der Waals surface area contributed by atoms with Gasteiger partial charge in [-0.3, -0.25) is 4.79 Å². The molecule has 1 aliphatic heterocycles. The Morgan fingerprint density at radius 1 is 0.935 bits per heavy atom. The summed E-state index contributed by atoms with van der Waals surface area (Å²) in [4.78, 5) is 19.5. The molecular weight excluding hydrogens is 430 g/mol. The van der Waals surface area contributed by atoms with Gasteiger partial charge < -0.3 is 4.90 Å². The fourth-order valence-corrected chi connectivity index (χ4v) is 6.15. The summed E-state index contributed by atoms with van der Waals surface area (Å²) in [6.45, 7) is 7.03. The Kier molecular flexibility index (Phi) is 5.96. The highest BCUT2D eigenvalue weighted by Gasteiger charge is 2.31. The van der Waals surface area contributed by atoms with Gasteiger partial charge >= 0.3 is 0 Å². The van der Waals surface area contributed by atoms with Crippen LogP contribution in [0, 0.1) is 20.8 Å². The standard InChI is InChI=1S/C23H25N3O3S2/c1-16-4-7-19(8-5-16)22-24-20(15-30-22)23(27)25-10-12-26(13-11-25)31(28,29)21-9-6-17(2)14-18(21)3/h4-9,14-15H,10-13H2,1-3H3. The van der Waals surface area contributed by atoms with E-state index in [-0.39, 0.29) is 19.0 Å². The highest BCUT2D eigenvalue weighted by atomic mass is 32.2. The molecule has 1 aliphatic rings. The van der Waals surface area contributed by atoms with Crippen LogP contribution < -0.4 is 0 Å². The van der Waals surface area contributed by atoms with Crippen molar-refractivity contribution in [2.24, 2.45) is 0 Å². The molecule has 2 aromatic carbocycles. The van der Waals surface area contributed by atoms with Gasteiger partial charge in [-0.2, -0.15) is 4.31 Å². The number of carbonyl (C=O) groups is 1. The molecule has 2 heterocycles. The van der Waals surface area contributed by atoms with Gasteiger partial charge in [-0.05, 0) is 32.4 Å². The van der Waals surface area contributed by atoms with Gasteiger partial charge in [-0.15, -0.1) is 11.3 Å². The molecule has 4 rings (SSSR count). The van der Waals surface area contributed by atoms with Crippen LogP contribution in [-0.2, 0) is 10.0 Å². The fraction of sp³-hybridized carbons (Fsp3) is 0.304. The fourth-order valence-electron chi connectivity index (χ4n) is 3.72. The number of benzene rings is 2. The Bertz CT molecular complexity index is 1210. The van der Waals surface area contributed by atoms with E-state index in [1.165, 1.54) is 21.2 Å². The summed E-state index contributed by atoms with van der Waals surface area (Å²) in [6, 6.07) is 13.4. The van der Waals surface area contributed by atoms with Gasteiger partial charge in [0.2, 0.25) is 10.0 Å². The number of rotatable bonds is 4. The third-order valence-electron chi connectivity index (χ3n) is 5.50. The highest BCUT2D eigenvalue weighted by Crippen LogP contribution is 2.26. The molecule has 0 radical (unpaired) electrons. The van der Waals surface area contributed by atoms with E-state index in [2.05, 4.69) is 4.98 Å². The van der Waals surface area contributed by atoms with Crippen LogP contribution in [0.1, 0.15) is 27.2 Å². The summed E-state index contributed by atoms with van der Waals surface area (Å²) >= 11 is 1.44. The molecule has 1 fully saturated rings. The van der Waals surface area contributed by atoms with Crippen LogP contribution in [0.3, 0.4) is 0 Å². The number of carbonyl (C=O) groups excluding carboxylic acids is 1. The second-order valence-electron chi connectivity index (χ2n) is 7.87. The lowest BCUT2D eigenvalue weighted by molar-refractivity contribution is 0.0693. The van der Waals surface area contributed by atoms with Crippen molar-refractivity contribution in [1.82, 2.24) is 14.2 Å². The Hall–Kier alpha value is -2.55. The van der Waals surface area contributed by atoms with Gasteiger partial charge in [-0.25, -0.2) is 13.4 Å². The minimum absolute atomic E-state index is 0.154. The van der Waals surface area contributed by atoms with Crippen LogP contribution in [0.15, 0.2) is 52.7 Å². The number of aromatic nitrogens is 1. The molecule has 8 heteroatoms. The molecule has 0 spiro atoms. The molecule has 0 atom stereocenters. The molecular formula is C23H25N3O3S2. The van der Waals surface area contributed by atoms with Gasteiger partial charge in [-0.1, -0.05) is 47.5 Å². The zero-order valence-corrected chi connectivity index (χ0v) is 19.5. The van der Waals surface area contributed by atoms with Gasteiger partial charge in [0.05, 0.1) is 4.90 Å². The van der Waals surface area contributed by atoms with Crippen molar-refractivity contribution in [1.29, 1.82) is 0 Å². The number of sulfonamides is 1. The van der Waals surface area contributed by atoms with Crippen molar-refractivity contribution in [3.63, 3.8) is 0 Å². The van der Waals surface area contributed by atoms with E-state index in [4.69, 9.17) is 0 Å². The summed E-state index contributed by atoms with van der Waals surface area (Å²) in [5.74, 6) is -0.154. The first kappa shape index (κ1) is 21.7. The summed E-state index contributed by atoms with van der Waals surface area (Å²) in [7, 11) is -3.58. The lowest BCUT2D eigenvalue weighted by atomic mass is 10.2. The molecule has 1 aromatic heterocycles. The largest absolute Gasteiger partial charge is 0.335 e. The van der Waals surface area contributed by atoms with Crippen molar-refractivity contribution in [2.45, 2.75) is 25.7 Å². The average Bonchev–Trinajstić information content (AvgIpc) is 3.24. The first-order chi connectivity index (χ1) is 14.8. The van der Waals surface area contributed by atoms with E-state index >= 15 is 0 Å². The van der Waals surface area contributed by atoms with Crippen LogP contribution in [0.4, 0.5) is 0 Å². The Labute approximate surface area is 187 Å². The maximum absolute atomic E-state index is 13.1. The third-order valence-corrected chi connectivity index (χ3v) is 8.45. The Balaban J connectivity index is 1.44. The smallest absolute Gasteiger partial charge is 0.273 e. The zero-order chi connectivity index (χ0) is 22.2. The Morgan fingerprint density at radius 3 is 2.23 bits per heavy atom. The first-order valence-corrected chi connectivity index (χ1v) is 12.5. The predicted molar refractivity (Wildman–Crippen MR) is 123 cm³/mol. The third kappa shape index (κ3) is 4.42. The first-order valence-electron chi connectivity index (χ1n) is 10.1. The minimum Gasteiger partial charge on any atom is -0.335 e. The number of nitrogens with zero attached hydrogens (tertiary/aromatic N) is 3. The number of thiazole rings is 1. The van der Waals surface area contributed by atoms with Crippen molar-refractivity contribution < 1.29 is 13.2 Å². The van der Waals surface area contributed by atoms with Crippen molar-refractivity contribution in [3.05, 3.63) is 70.2 Å². The molecule has 0 bridgehead atoms. The van der Waals surface area contributed by atoms with Crippen LogP contribution in [0.25, 0.3) is 10.6 Å². The lowest BCUT2D eigenvalue weighted by Crippen LogP contribution is -2.50. The van der Waals surface area contributed by atoms with E-state index in [1.54, 1.807) is 16.3 Å². The number of hydrogen-bond acceptors (Lipinski definition) is 5. The zero-order valence-electron chi connectivity index (χ0n) is 17.8. The number of piperazine rings is 1. The van der Waals surface area contributed by atoms with E-state index in [1.807, 2.05) is 57.2 Å². The molecule has 0 N–H and O–H groups in total. The summed E-state index contributed by atoms with van der Waals surface area (Å²) < 4.78 is 27.6. The molecule has 0 saturated carbocycles. The average molecular weight is 456 g/mol. The monoisotopic (exact) mass is 455 g/mol. The predicted octanol–water partition coefficient (Wildman–Crippen LogP) is 3.88. The highest BCUT2D eigenvalue weighted by molar-refractivity contribution is 7.89. The molecule has 31 heavy (non-hydrogen) atoms. The number of hydrogen-bond donors (Lipinski definition) is 0. The van der Waals surface area contributed by atoms with Crippen molar-refractivity contribution in [3.8, 4) is 10.6 Å². The van der Waals surface area contributed by atoms with Gasteiger partial charge in [0, 0.05) is 37.1 Å². The Morgan fingerprint density at radius 2 is 1.58 bits per heavy atom. The van der Waals surface area contributed by atoms with Gasteiger partial charge in [0.15, 0.2) is 0 Å². The molecule has 0 aliphatic carbocycles. The van der Waals surface area contributed by atoms with Crippen molar-refractivity contribution >= 4 is 27.3 Å². The van der Waals surface area contributed by atoms with Crippen LogP contribution >= 0.6 is 11.3 Å². The summed E-state index contributed by atoms with van der Waals surface area (Å²) in [6.07, 6.45) is 0. The summed E-state index contributed by atoms with van der Waals surface area (Å²) in [5.41, 5.74) is 4.33. The van der Waals surface area contributed by atoms with Gasteiger partial charge in [0.1, 0.15) is 10.7 Å². The summed E-state index contributed by atoms with van der Waals surface area (Å²) in [5, 5.41) is 2.58. The quantitative estimate of drug-likeness (QED) is 0.599. The van der Waals surface area contributed by atoms with Crippen LogP contribution in [0.5, 0.6) is 0 Å². The van der Waals surface area contributed by atoms with Crippen LogP contribution in [-0.4, -0.2) is 54.7 Å². The van der Waals surface area contributed by atoms with E-state index < -0.39 is 10.0 Å². The second kappa shape index (κ2) is 8.53. The molecule has 0 unspecified atom stereocenters. The lowest BCUT2D eigenvalue weighted by Gasteiger charge is -2.34. The SMILES string of the molecule is Cc1ccc(-c2nc(C(=O)N3CCN(S(=O)(=O)c4ccc(C)cc4C)CC3)cs2)cc1. The number of aryl methyl sites for hydroxylation is 3. The topological polar surface area (TPSA) is 70.6 Å². The molecule has 1 saturated heterocycles. The van der Waals surface area contributed by atoms with Crippen LogP contribution in [0.2, 0.25) is 0 Å².